The Morgan fingerprint density at radius 1 is 1.14 bits per heavy atom. The molecule has 14 heavy (non-hydrogen) atoms. The maximum absolute atomic E-state index is 10.9. The maximum atomic E-state index is 10.9. The van der Waals surface area contributed by atoms with Crippen LogP contribution in [0, 0.1) is 5.41 Å². The highest BCUT2D eigenvalue weighted by molar-refractivity contribution is 7.86. The van der Waals surface area contributed by atoms with Gasteiger partial charge in [-0.1, -0.05) is 6.42 Å². The normalized spacial score (nSPS) is 27.5. The summed E-state index contributed by atoms with van der Waals surface area (Å²) < 4.78 is 26.9. The standard InChI is InChI=1S/C10H18O3S/c1-14(11,12)13-9-3-7-10(8-4-9)5-2-6-10/h9H,2-8H2,1H3. The monoisotopic (exact) mass is 218 g/mol. The van der Waals surface area contributed by atoms with Crippen LogP contribution in [0.2, 0.25) is 0 Å². The van der Waals surface area contributed by atoms with Gasteiger partial charge in [0.2, 0.25) is 0 Å². The maximum Gasteiger partial charge on any atom is 0.264 e. The SMILES string of the molecule is CS(=O)(=O)OC1CCC2(CCC2)CC1. The summed E-state index contributed by atoms with van der Waals surface area (Å²) in [5, 5.41) is 0. The van der Waals surface area contributed by atoms with Crippen molar-refractivity contribution in [2.45, 2.75) is 51.0 Å². The zero-order chi connectivity index (χ0) is 10.2. The molecule has 2 saturated carbocycles. The molecule has 2 aliphatic carbocycles. The third-order valence-electron chi connectivity index (χ3n) is 3.72. The molecule has 2 rings (SSSR count). The van der Waals surface area contributed by atoms with Gasteiger partial charge < -0.3 is 0 Å². The van der Waals surface area contributed by atoms with Crippen molar-refractivity contribution in [3.63, 3.8) is 0 Å². The molecule has 0 aromatic rings. The fourth-order valence-corrected chi connectivity index (χ4v) is 3.41. The highest BCUT2D eigenvalue weighted by Crippen LogP contribution is 2.51. The lowest BCUT2D eigenvalue weighted by Crippen LogP contribution is -2.36. The summed E-state index contributed by atoms with van der Waals surface area (Å²) in [6.07, 6.45) is 9.31. The second-order valence-electron chi connectivity index (χ2n) is 4.85. The van der Waals surface area contributed by atoms with Gasteiger partial charge in [0, 0.05) is 0 Å². The fourth-order valence-electron chi connectivity index (χ4n) is 2.72. The average Bonchev–Trinajstić information content (AvgIpc) is 2.00. The highest BCUT2D eigenvalue weighted by Gasteiger charge is 2.40. The molecule has 2 fully saturated rings. The molecule has 0 radical (unpaired) electrons. The van der Waals surface area contributed by atoms with E-state index in [1.807, 2.05) is 0 Å². The Bertz CT molecular complexity index is 293. The lowest BCUT2D eigenvalue weighted by Gasteiger charge is -2.46. The molecule has 3 nitrogen and oxygen atoms in total. The predicted molar refractivity (Wildman–Crippen MR) is 54.5 cm³/mol. The van der Waals surface area contributed by atoms with Crippen molar-refractivity contribution >= 4 is 10.1 Å². The first-order valence-electron chi connectivity index (χ1n) is 5.37. The first-order valence-corrected chi connectivity index (χ1v) is 7.19. The summed E-state index contributed by atoms with van der Waals surface area (Å²) in [6, 6.07) is 0. The molecule has 0 aromatic carbocycles. The van der Waals surface area contributed by atoms with Crippen LogP contribution in [0.25, 0.3) is 0 Å². The second-order valence-corrected chi connectivity index (χ2v) is 6.45. The van der Waals surface area contributed by atoms with Crippen LogP contribution in [0.15, 0.2) is 0 Å². The largest absolute Gasteiger partial charge is 0.267 e. The Labute approximate surface area is 86.0 Å². The minimum atomic E-state index is -3.25. The van der Waals surface area contributed by atoms with Gasteiger partial charge in [-0.25, -0.2) is 0 Å². The van der Waals surface area contributed by atoms with E-state index in [0.717, 1.165) is 31.9 Å². The van der Waals surface area contributed by atoms with Crippen LogP contribution in [0.1, 0.15) is 44.9 Å². The Morgan fingerprint density at radius 2 is 1.71 bits per heavy atom. The van der Waals surface area contributed by atoms with E-state index in [-0.39, 0.29) is 6.10 Å². The Hall–Kier alpha value is -0.0900. The van der Waals surface area contributed by atoms with Crippen LogP contribution in [0.5, 0.6) is 0 Å². The van der Waals surface area contributed by atoms with Gasteiger partial charge in [-0.3, -0.25) is 4.18 Å². The second kappa shape index (κ2) is 3.49. The van der Waals surface area contributed by atoms with Gasteiger partial charge in [0.1, 0.15) is 0 Å². The molecule has 0 aliphatic heterocycles. The van der Waals surface area contributed by atoms with E-state index in [0.29, 0.717) is 5.41 Å². The zero-order valence-electron chi connectivity index (χ0n) is 8.66. The highest BCUT2D eigenvalue weighted by atomic mass is 32.2. The molecule has 0 amide bonds. The van der Waals surface area contributed by atoms with Crippen LogP contribution < -0.4 is 0 Å². The topological polar surface area (TPSA) is 43.4 Å². The van der Waals surface area contributed by atoms with E-state index in [9.17, 15) is 8.42 Å². The molecule has 0 bridgehead atoms. The van der Waals surface area contributed by atoms with Crippen molar-refractivity contribution < 1.29 is 12.6 Å². The summed E-state index contributed by atoms with van der Waals surface area (Å²) in [5.74, 6) is 0. The average molecular weight is 218 g/mol. The third kappa shape index (κ3) is 2.28. The molecule has 1 spiro atoms. The first-order chi connectivity index (χ1) is 6.49. The van der Waals surface area contributed by atoms with Crippen LogP contribution in [-0.4, -0.2) is 20.8 Å². The summed E-state index contributed by atoms with van der Waals surface area (Å²) in [6.45, 7) is 0. The smallest absolute Gasteiger partial charge is 0.264 e. The summed E-state index contributed by atoms with van der Waals surface area (Å²) in [4.78, 5) is 0. The van der Waals surface area contributed by atoms with Crippen molar-refractivity contribution in [2.75, 3.05) is 6.26 Å². The number of rotatable bonds is 2. The molecule has 0 atom stereocenters. The van der Waals surface area contributed by atoms with Crippen molar-refractivity contribution in [3.8, 4) is 0 Å². The first kappa shape index (κ1) is 10.4. The van der Waals surface area contributed by atoms with Gasteiger partial charge >= 0.3 is 0 Å². The van der Waals surface area contributed by atoms with Gasteiger partial charge in [0.05, 0.1) is 12.4 Å². The number of hydrogen-bond donors (Lipinski definition) is 0. The fraction of sp³-hybridized carbons (Fsp3) is 1.00. The molecule has 0 unspecified atom stereocenters. The Balaban J connectivity index is 1.84. The molecule has 0 N–H and O–H groups in total. The molecular weight excluding hydrogens is 200 g/mol. The molecule has 2 aliphatic rings. The van der Waals surface area contributed by atoms with Crippen molar-refractivity contribution in [3.05, 3.63) is 0 Å². The quantitative estimate of drug-likeness (QED) is 0.666. The third-order valence-corrected chi connectivity index (χ3v) is 4.34. The van der Waals surface area contributed by atoms with Gasteiger partial charge in [-0.05, 0) is 43.9 Å². The molecular formula is C10H18O3S. The minimum Gasteiger partial charge on any atom is -0.267 e. The van der Waals surface area contributed by atoms with Crippen molar-refractivity contribution in [2.24, 2.45) is 5.41 Å². The van der Waals surface area contributed by atoms with Crippen LogP contribution in [0.4, 0.5) is 0 Å². The molecule has 4 heteroatoms. The summed E-state index contributed by atoms with van der Waals surface area (Å²) >= 11 is 0. The van der Waals surface area contributed by atoms with Gasteiger partial charge in [-0.15, -0.1) is 0 Å². The van der Waals surface area contributed by atoms with E-state index >= 15 is 0 Å². The zero-order valence-corrected chi connectivity index (χ0v) is 9.48. The van der Waals surface area contributed by atoms with Gasteiger partial charge in [0.15, 0.2) is 0 Å². The van der Waals surface area contributed by atoms with Gasteiger partial charge in [0.25, 0.3) is 10.1 Å². The van der Waals surface area contributed by atoms with Crippen LogP contribution in [0.3, 0.4) is 0 Å². The Kier molecular flexibility index (Phi) is 2.60. The van der Waals surface area contributed by atoms with E-state index in [1.165, 1.54) is 19.3 Å². The van der Waals surface area contributed by atoms with E-state index < -0.39 is 10.1 Å². The molecule has 0 saturated heterocycles. The van der Waals surface area contributed by atoms with E-state index in [1.54, 1.807) is 0 Å². The lowest BCUT2D eigenvalue weighted by atomic mass is 9.60. The van der Waals surface area contributed by atoms with Crippen molar-refractivity contribution in [1.29, 1.82) is 0 Å². The molecule has 0 heterocycles. The number of hydrogen-bond acceptors (Lipinski definition) is 3. The molecule has 82 valence electrons. The summed E-state index contributed by atoms with van der Waals surface area (Å²) in [5.41, 5.74) is 0.581. The lowest BCUT2D eigenvalue weighted by molar-refractivity contribution is 0.0260. The minimum absolute atomic E-state index is 0.0452. The van der Waals surface area contributed by atoms with Crippen LogP contribution >= 0.6 is 0 Å². The summed E-state index contributed by atoms with van der Waals surface area (Å²) in [7, 11) is -3.25. The predicted octanol–water partition coefficient (Wildman–Crippen LogP) is 2.08. The van der Waals surface area contributed by atoms with E-state index in [2.05, 4.69) is 0 Å². The Morgan fingerprint density at radius 3 is 2.07 bits per heavy atom. The van der Waals surface area contributed by atoms with E-state index in [4.69, 9.17) is 4.18 Å². The van der Waals surface area contributed by atoms with Crippen molar-refractivity contribution in [1.82, 2.24) is 0 Å². The molecule has 0 aromatic heterocycles. The van der Waals surface area contributed by atoms with Gasteiger partial charge in [-0.2, -0.15) is 8.42 Å². The van der Waals surface area contributed by atoms with Crippen LogP contribution in [-0.2, 0) is 14.3 Å².